The Balaban J connectivity index is 1.40. The highest BCUT2D eigenvalue weighted by Gasteiger charge is 2.31. The van der Waals surface area contributed by atoms with Crippen molar-refractivity contribution in [1.29, 1.82) is 0 Å². The average Bonchev–Trinajstić information content (AvgIpc) is 3.27. The molecule has 0 saturated carbocycles. The second kappa shape index (κ2) is 20.6. The van der Waals surface area contributed by atoms with Crippen molar-refractivity contribution < 1.29 is 64.4 Å². The fourth-order valence-corrected chi connectivity index (χ4v) is 6.56. The maximum atomic E-state index is 14.5. The molecular formula is C48H40F6N4O8. The lowest BCUT2D eigenvalue weighted by molar-refractivity contribution is -0.274. The number of carbonyl (C=O) groups excluding carboxylic acids is 3. The van der Waals surface area contributed by atoms with Crippen LogP contribution in [0.3, 0.4) is 0 Å². The summed E-state index contributed by atoms with van der Waals surface area (Å²) in [4.78, 5) is 41.8. The zero-order chi connectivity index (χ0) is 47.6. The van der Waals surface area contributed by atoms with Gasteiger partial charge in [-0.2, -0.15) is 13.2 Å². The van der Waals surface area contributed by atoms with E-state index in [9.17, 15) is 40.7 Å². The molecule has 0 bridgehead atoms. The minimum Gasteiger partial charge on any atom is -0.484 e. The summed E-state index contributed by atoms with van der Waals surface area (Å²) >= 11 is 0. The Morgan fingerprint density at radius 2 is 1.03 bits per heavy atom. The maximum Gasteiger partial charge on any atom is 0.573 e. The summed E-state index contributed by atoms with van der Waals surface area (Å²) in [6.07, 6.45) is -9.20. The molecule has 0 saturated heterocycles. The van der Waals surface area contributed by atoms with Crippen molar-refractivity contribution in [2.45, 2.75) is 31.8 Å². The van der Waals surface area contributed by atoms with Crippen molar-refractivity contribution >= 4 is 46.2 Å². The van der Waals surface area contributed by atoms with Crippen LogP contribution >= 0.6 is 0 Å². The second-order valence-corrected chi connectivity index (χ2v) is 14.5. The zero-order valence-electron chi connectivity index (χ0n) is 34.6. The third-order valence-electron chi connectivity index (χ3n) is 9.66. The first-order valence-electron chi connectivity index (χ1n) is 19.8. The molecule has 18 heteroatoms. The molecule has 6 aromatic rings. The summed E-state index contributed by atoms with van der Waals surface area (Å²) in [6, 6.07) is 30.8. The number of halogens is 6. The highest BCUT2D eigenvalue weighted by molar-refractivity contribution is 6.06. The van der Waals surface area contributed by atoms with E-state index in [2.05, 4.69) is 4.74 Å². The maximum absolute atomic E-state index is 14.5. The Kier molecular flexibility index (Phi) is 14.8. The summed E-state index contributed by atoms with van der Waals surface area (Å²) < 4.78 is 102. The first kappa shape index (κ1) is 47.3. The summed E-state index contributed by atoms with van der Waals surface area (Å²) in [5, 5.41) is 0. The second-order valence-electron chi connectivity index (χ2n) is 14.5. The fourth-order valence-electron chi connectivity index (χ4n) is 6.56. The molecule has 6 aromatic carbocycles. The first-order chi connectivity index (χ1) is 31.3. The first-order valence-corrected chi connectivity index (χ1v) is 19.8. The third-order valence-corrected chi connectivity index (χ3v) is 9.66. The number of ether oxygens (including phenoxy) is 5. The number of nitrogens with two attached hydrogens (primary N) is 4. The molecule has 0 atom stereocenters. The minimum atomic E-state index is -4.92. The number of aryl methyl sites for hydroxylation is 1. The number of benzene rings is 6. The minimum absolute atomic E-state index is 0.000423. The highest BCUT2D eigenvalue weighted by Crippen LogP contribution is 2.35. The van der Waals surface area contributed by atoms with Gasteiger partial charge in [0, 0.05) is 40.3 Å². The Labute approximate surface area is 373 Å². The molecule has 0 spiro atoms. The van der Waals surface area contributed by atoms with Gasteiger partial charge >= 0.3 is 30.4 Å². The van der Waals surface area contributed by atoms with E-state index in [0.717, 1.165) is 24.3 Å². The van der Waals surface area contributed by atoms with Gasteiger partial charge in [-0.05, 0) is 138 Å². The number of anilines is 4. The van der Waals surface area contributed by atoms with Crippen LogP contribution in [0.4, 0.5) is 49.1 Å². The molecule has 0 fully saturated rings. The number of carbonyl (C=O) groups is 3. The molecule has 0 amide bonds. The van der Waals surface area contributed by atoms with Gasteiger partial charge in [-0.15, -0.1) is 13.2 Å². The van der Waals surface area contributed by atoms with Crippen molar-refractivity contribution in [3.63, 3.8) is 0 Å². The van der Waals surface area contributed by atoms with Gasteiger partial charge in [0.05, 0.1) is 17.7 Å². The molecule has 12 nitrogen and oxygen atoms in total. The lowest BCUT2D eigenvalue weighted by Gasteiger charge is -2.19. The molecule has 0 aliphatic heterocycles. The molecule has 0 aromatic heterocycles. The summed E-state index contributed by atoms with van der Waals surface area (Å²) in [7, 11) is 0. The van der Waals surface area contributed by atoms with Crippen LogP contribution in [-0.4, -0.2) is 43.7 Å². The predicted octanol–water partition coefficient (Wildman–Crippen LogP) is 9.51. The van der Waals surface area contributed by atoms with E-state index in [4.69, 9.17) is 41.9 Å². The Hall–Kier alpha value is -8.15. The number of alkyl halides is 6. The Bertz CT molecular complexity index is 2720. The average molecular weight is 915 g/mol. The molecule has 0 unspecified atom stereocenters. The number of nitrogen functional groups attached to an aromatic ring is 4. The lowest BCUT2D eigenvalue weighted by Crippen LogP contribution is -2.19. The largest absolute Gasteiger partial charge is 0.573 e. The van der Waals surface area contributed by atoms with Crippen LogP contribution in [-0.2, 0) is 22.4 Å². The third kappa shape index (κ3) is 13.2. The van der Waals surface area contributed by atoms with E-state index in [1.165, 1.54) is 54.6 Å². The Morgan fingerprint density at radius 3 is 1.59 bits per heavy atom. The van der Waals surface area contributed by atoms with Gasteiger partial charge in [-0.1, -0.05) is 30.3 Å². The Morgan fingerprint density at radius 1 is 0.530 bits per heavy atom. The van der Waals surface area contributed by atoms with E-state index in [1.54, 1.807) is 54.6 Å². The van der Waals surface area contributed by atoms with Gasteiger partial charge in [0.25, 0.3) is 0 Å². The molecule has 0 radical (unpaired) electrons. The molecule has 0 aliphatic carbocycles. The zero-order valence-corrected chi connectivity index (χ0v) is 34.6. The molecular weight excluding hydrogens is 875 g/mol. The summed E-state index contributed by atoms with van der Waals surface area (Å²) in [5.74, 6) is -3.36. The van der Waals surface area contributed by atoms with Crippen LogP contribution in [0.25, 0.3) is 5.57 Å². The predicted molar refractivity (Wildman–Crippen MR) is 233 cm³/mol. The van der Waals surface area contributed by atoms with Gasteiger partial charge in [0.1, 0.15) is 23.0 Å². The smallest absolute Gasteiger partial charge is 0.484 e. The fraction of sp³-hybridized carbons (Fsp3) is 0.146. The van der Waals surface area contributed by atoms with Gasteiger partial charge in [0.2, 0.25) is 0 Å². The number of esters is 3. The van der Waals surface area contributed by atoms with Crippen LogP contribution in [0.5, 0.6) is 23.0 Å². The SMILES string of the molecule is Nc1ccc(N)c(CCOC(=O)/C(CCc2cc(N)ccc2N)=C(/c2ccc(C(=O)Oc3ccc(OC(F)(F)F)cc3)cc2)c2ccccc2C(=O)Oc2ccc(OCC(F)(F)F)cc2)c1. The molecule has 0 aliphatic rings. The number of hydrogen-bond acceptors (Lipinski definition) is 12. The standard InChI is InChI=1S/C48H40F6N4O8/c49-47(50,51)27-63-34-12-14-36(15-13-34)65-46(61)39-4-2-1-3-38(39)43(28-5-7-29(8-6-28)44(59)64-35-16-18-37(19-17-35)66-48(52,53)54)40(20-9-30-25-32(55)10-21-41(30)57)45(60)62-24-23-31-26-33(56)11-22-42(31)58/h1-8,10-19,21-22,25-26H,9,20,23-24,27,55-58H2/b43-40-. The number of hydrogen-bond donors (Lipinski definition) is 4. The van der Waals surface area contributed by atoms with Crippen molar-refractivity contribution in [1.82, 2.24) is 0 Å². The quantitative estimate of drug-likeness (QED) is 0.0236. The van der Waals surface area contributed by atoms with Crippen molar-refractivity contribution in [3.8, 4) is 23.0 Å². The van der Waals surface area contributed by atoms with Gasteiger partial charge in [-0.3, -0.25) is 0 Å². The van der Waals surface area contributed by atoms with Crippen LogP contribution in [0.15, 0.2) is 139 Å². The van der Waals surface area contributed by atoms with E-state index in [1.807, 2.05) is 0 Å². The molecule has 342 valence electrons. The van der Waals surface area contributed by atoms with Crippen LogP contribution in [0.1, 0.15) is 49.4 Å². The highest BCUT2D eigenvalue weighted by atomic mass is 19.4. The van der Waals surface area contributed by atoms with Crippen molar-refractivity contribution in [3.05, 3.63) is 172 Å². The van der Waals surface area contributed by atoms with Crippen LogP contribution < -0.4 is 41.9 Å². The molecule has 66 heavy (non-hydrogen) atoms. The topological polar surface area (TPSA) is 201 Å². The van der Waals surface area contributed by atoms with Crippen LogP contribution in [0.2, 0.25) is 0 Å². The monoisotopic (exact) mass is 914 g/mol. The van der Waals surface area contributed by atoms with Gasteiger partial charge in [0.15, 0.2) is 6.61 Å². The summed E-state index contributed by atoms with van der Waals surface area (Å²) in [6.45, 7) is -1.68. The lowest BCUT2D eigenvalue weighted by atomic mass is 9.87. The van der Waals surface area contributed by atoms with Crippen molar-refractivity contribution in [2.75, 3.05) is 36.1 Å². The van der Waals surface area contributed by atoms with E-state index >= 15 is 0 Å². The van der Waals surface area contributed by atoms with Gasteiger partial charge in [-0.25, -0.2) is 14.4 Å². The normalized spacial score (nSPS) is 11.8. The molecule has 0 heterocycles. The summed E-state index contributed by atoms with van der Waals surface area (Å²) in [5.41, 5.74) is 28.1. The number of rotatable bonds is 16. The van der Waals surface area contributed by atoms with E-state index in [-0.39, 0.29) is 71.0 Å². The van der Waals surface area contributed by atoms with E-state index < -0.39 is 42.8 Å². The molecule has 6 rings (SSSR count). The van der Waals surface area contributed by atoms with E-state index in [0.29, 0.717) is 39.4 Å². The molecule has 8 N–H and O–H groups in total. The van der Waals surface area contributed by atoms with Crippen LogP contribution in [0, 0.1) is 0 Å². The van der Waals surface area contributed by atoms with Crippen molar-refractivity contribution in [2.24, 2.45) is 0 Å². The van der Waals surface area contributed by atoms with Gasteiger partial charge < -0.3 is 46.6 Å².